The molecule has 28 heavy (non-hydrogen) atoms. The molecule has 0 aliphatic heterocycles. The second kappa shape index (κ2) is 7.56. The second-order valence-electron chi connectivity index (χ2n) is 6.84. The van der Waals surface area contributed by atoms with Crippen LogP contribution >= 0.6 is 11.3 Å². The SMILES string of the molecule is CCn1c(-c2ccc(C)cc2)c(C)sc1=NC(=O)c1cccc2ccccc12. The van der Waals surface area contributed by atoms with Gasteiger partial charge in [-0.3, -0.25) is 4.79 Å². The van der Waals surface area contributed by atoms with Gasteiger partial charge in [-0.1, -0.05) is 66.2 Å². The summed E-state index contributed by atoms with van der Waals surface area (Å²) >= 11 is 1.57. The molecular weight excluding hydrogens is 364 g/mol. The summed E-state index contributed by atoms with van der Waals surface area (Å²) in [5.74, 6) is -0.198. The van der Waals surface area contributed by atoms with Crippen molar-refractivity contribution in [1.29, 1.82) is 0 Å². The molecule has 1 amide bonds. The molecule has 4 aromatic rings. The maximum absolute atomic E-state index is 13.0. The van der Waals surface area contributed by atoms with Gasteiger partial charge in [0, 0.05) is 17.0 Å². The van der Waals surface area contributed by atoms with Crippen molar-refractivity contribution in [3.63, 3.8) is 0 Å². The summed E-state index contributed by atoms with van der Waals surface area (Å²) in [5, 5.41) is 1.99. The number of aryl methyl sites for hydroxylation is 2. The highest BCUT2D eigenvalue weighted by Gasteiger charge is 2.14. The van der Waals surface area contributed by atoms with E-state index in [1.807, 2.05) is 42.5 Å². The van der Waals surface area contributed by atoms with E-state index < -0.39 is 0 Å². The first-order valence-electron chi connectivity index (χ1n) is 9.42. The van der Waals surface area contributed by atoms with Gasteiger partial charge in [-0.25, -0.2) is 0 Å². The zero-order chi connectivity index (χ0) is 19.7. The van der Waals surface area contributed by atoms with Crippen molar-refractivity contribution >= 4 is 28.0 Å². The van der Waals surface area contributed by atoms with Crippen molar-refractivity contribution < 1.29 is 4.79 Å². The summed E-state index contributed by atoms with van der Waals surface area (Å²) in [5.41, 5.74) is 4.16. The number of aromatic nitrogens is 1. The van der Waals surface area contributed by atoms with Crippen LogP contribution in [-0.2, 0) is 6.54 Å². The van der Waals surface area contributed by atoms with E-state index in [9.17, 15) is 4.79 Å². The molecule has 0 atom stereocenters. The predicted molar refractivity (Wildman–Crippen MR) is 117 cm³/mol. The minimum atomic E-state index is -0.198. The van der Waals surface area contributed by atoms with Crippen LogP contribution in [0.2, 0.25) is 0 Å². The fourth-order valence-electron chi connectivity index (χ4n) is 3.53. The quantitative estimate of drug-likeness (QED) is 0.441. The van der Waals surface area contributed by atoms with Crippen molar-refractivity contribution in [2.45, 2.75) is 27.3 Å². The van der Waals surface area contributed by atoms with Gasteiger partial charge in [-0.05, 0) is 43.2 Å². The molecule has 0 spiro atoms. The van der Waals surface area contributed by atoms with E-state index in [4.69, 9.17) is 0 Å². The Labute approximate surface area is 168 Å². The van der Waals surface area contributed by atoms with Gasteiger partial charge in [0.25, 0.3) is 5.91 Å². The topological polar surface area (TPSA) is 34.4 Å². The van der Waals surface area contributed by atoms with Gasteiger partial charge in [0.1, 0.15) is 0 Å². The average molecular weight is 387 g/mol. The number of rotatable bonds is 3. The average Bonchev–Trinajstić information content (AvgIpc) is 3.02. The highest BCUT2D eigenvalue weighted by Crippen LogP contribution is 2.26. The maximum atomic E-state index is 13.0. The van der Waals surface area contributed by atoms with E-state index >= 15 is 0 Å². The Morgan fingerprint density at radius 1 is 0.964 bits per heavy atom. The molecule has 0 aliphatic carbocycles. The van der Waals surface area contributed by atoms with Crippen LogP contribution in [0.1, 0.15) is 27.7 Å². The van der Waals surface area contributed by atoms with Gasteiger partial charge in [0.05, 0.1) is 5.69 Å². The van der Waals surface area contributed by atoms with Gasteiger partial charge >= 0.3 is 0 Å². The van der Waals surface area contributed by atoms with Crippen LogP contribution in [0.3, 0.4) is 0 Å². The van der Waals surface area contributed by atoms with E-state index in [1.165, 1.54) is 5.56 Å². The molecule has 0 saturated heterocycles. The van der Waals surface area contributed by atoms with Crippen molar-refractivity contribution in [1.82, 2.24) is 4.57 Å². The monoisotopic (exact) mass is 386 g/mol. The molecule has 4 heteroatoms. The number of amides is 1. The number of carbonyl (C=O) groups is 1. The van der Waals surface area contributed by atoms with Crippen molar-refractivity contribution in [3.8, 4) is 11.3 Å². The number of nitrogens with zero attached hydrogens (tertiary/aromatic N) is 2. The van der Waals surface area contributed by atoms with Crippen LogP contribution < -0.4 is 4.80 Å². The van der Waals surface area contributed by atoms with Crippen LogP contribution in [0.15, 0.2) is 71.7 Å². The highest BCUT2D eigenvalue weighted by molar-refractivity contribution is 7.09. The van der Waals surface area contributed by atoms with Gasteiger partial charge in [-0.15, -0.1) is 11.3 Å². The molecule has 3 nitrogen and oxygen atoms in total. The fraction of sp³-hybridized carbons (Fsp3) is 0.167. The summed E-state index contributed by atoms with van der Waals surface area (Å²) in [6.45, 7) is 7.02. The van der Waals surface area contributed by atoms with E-state index in [2.05, 4.69) is 54.6 Å². The number of hydrogen-bond donors (Lipinski definition) is 0. The first kappa shape index (κ1) is 18.4. The van der Waals surface area contributed by atoms with Crippen molar-refractivity contribution in [3.05, 3.63) is 87.5 Å². The largest absolute Gasteiger partial charge is 0.316 e. The van der Waals surface area contributed by atoms with Crippen LogP contribution in [0, 0.1) is 13.8 Å². The summed E-state index contributed by atoms with van der Waals surface area (Å²) in [6.07, 6.45) is 0. The number of thiazole rings is 1. The van der Waals surface area contributed by atoms with Gasteiger partial charge < -0.3 is 4.57 Å². The Bertz CT molecular complexity index is 1220. The molecule has 140 valence electrons. The lowest BCUT2D eigenvalue weighted by atomic mass is 10.0. The first-order valence-corrected chi connectivity index (χ1v) is 10.2. The van der Waals surface area contributed by atoms with Gasteiger partial charge in [0.2, 0.25) is 0 Å². The van der Waals surface area contributed by atoms with E-state index in [1.54, 1.807) is 11.3 Å². The Kier molecular flexibility index (Phi) is 4.97. The molecule has 0 unspecified atom stereocenters. The Morgan fingerprint density at radius 2 is 1.68 bits per heavy atom. The Balaban J connectivity index is 1.85. The molecule has 0 fully saturated rings. The zero-order valence-corrected chi connectivity index (χ0v) is 17.1. The smallest absolute Gasteiger partial charge is 0.280 e. The second-order valence-corrected chi connectivity index (χ2v) is 8.03. The Morgan fingerprint density at radius 3 is 2.43 bits per heavy atom. The third-order valence-corrected chi connectivity index (χ3v) is 5.93. The lowest BCUT2D eigenvalue weighted by Crippen LogP contribution is -2.17. The molecule has 0 saturated carbocycles. The molecule has 4 rings (SSSR count). The highest BCUT2D eigenvalue weighted by atomic mass is 32.1. The lowest BCUT2D eigenvalue weighted by Gasteiger charge is -2.08. The van der Waals surface area contributed by atoms with E-state index in [-0.39, 0.29) is 5.91 Å². The van der Waals surface area contributed by atoms with Gasteiger partial charge in [0.15, 0.2) is 4.80 Å². The summed E-state index contributed by atoms with van der Waals surface area (Å²) in [4.78, 5) is 19.4. The van der Waals surface area contributed by atoms with Crippen LogP contribution in [0.25, 0.3) is 22.0 Å². The fourth-order valence-corrected chi connectivity index (χ4v) is 4.59. The molecule has 0 N–H and O–H groups in total. The zero-order valence-electron chi connectivity index (χ0n) is 16.3. The predicted octanol–water partition coefficient (Wildman–Crippen LogP) is 5.75. The van der Waals surface area contributed by atoms with Crippen LogP contribution in [0.5, 0.6) is 0 Å². The molecule has 1 heterocycles. The van der Waals surface area contributed by atoms with Gasteiger partial charge in [-0.2, -0.15) is 4.99 Å². The number of hydrogen-bond acceptors (Lipinski definition) is 2. The maximum Gasteiger partial charge on any atom is 0.280 e. The van der Waals surface area contributed by atoms with Crippen molar-refractivity contribution in [2.24, 2.45) is 4.99 Å². The molecule has 1 aromatic heterocycles. The minimum Gasteiger partial charge on any atom is -0.316 e. The third-order valence-electron chi connectivity index (χ3n) is 4.94. The van der Waals surface area contributed by atoms with Crippen LogP contribution in [0.4, 0.5) is 0 Å². The summed E-state index contributed by atoms with van der Waals surface area (Å²) < 4.78 is 2.13. The Hall–Kier alpha value is -2.98. The summed E-state index contributed by atoms with van der Waals surface area (Å²) in [6, 6.07) is 22.2. The van der Waals surface area contributed by atoms with Crippen molar-refractivity contribution in [2.75, 3.05) is 0 Å². The normalized spacial score (nSPS) is 11.9. The van der Waals surface area contributed by atoms with Crippen LogP contribution in [-0.4, -0.2) is 10.5 Å². The molecule has 0 radical (unpaired) electrons. The molecule has 3 aromatic carbocycles. The van der Waals surface area contributed by atoms with E-state index in [0.29, 0.717) is 5.56 Å². The lowest BCUT2D eigenvalue weighted by molar-refractivity contribution is 0.0999. The standard InChI is InChI=1S/C24H22N2OS/c1-4-26-22(19-14-12-16(2)13-15-19)17(3)28-24(26)25-23(27)21-11-7-9-18-8-5-6-10-20(18)21/h5-15H,4H2,1-3H3. The molecule has 0 bridgehead atoms. The number of benzene rings is 3. The third kappa shape index (κ3) is 3.32. The number of carbonyl (C=O) groups excluding carboxylic acids is 1. The molecular formula is C24H22N2OS. The number of fused-ring (bicyclic) bond motifs is 1. The van der Waals surface area contributed by atoms with E-state index in [0.717, 1.165) is 38.3 Å². The molecule has 0 aliphatic rings. The first-order chi connectivity index (χ1) is 13.6. The minimum absolute atomic E-state index is 0.198. The summed E-state index contributed by atoms with van der Waals surface area (Å²) in [7, 11) is 0.